The summed E-state index contributed by atoms with van der Waals surface area (Å²) >= 11 is 0. The van der Waals surface area contributed by atoms with Crippen molar-refractivity contribution in [2.45, 2.75) is 44.3 Å². The minimum atomic E-state index is -0.878. The summed E-state index contributed by atoms with van der Waals surface area (Å²) in [5, 5.41) is 20.3. The lowest BCUT2D eigenvalue weighted by molar-refractivity contribution is 0.133. The van der Waals surface area contributed by atoms with Gasteiger partial charge in [0.2, 0.25) is 0 Å². The van der Waals surface area contributed by atoms with Crippen molar-refractivity contribution in [2.24, 2.45) is 5.92 Å². The molecule has 4 heteroatoms. The van der Waals surface area contributed by atoms with Crippen molar-refractivity contribution < 1.29 is 14.6 Å². The van der Waals surface area contributed by atoms with Crippen molar-refractivity contribution in [3.63, 3.8) is 0 Å². The van der Waals surface area contributed by atoms with E-state index < -0.39 is 12.0 Å². The summed E-state index contributed by atoms with van der Waals surface area (Å²) in [7, 11) is 1.61. The van der Waals surface area contributed by atoms with E-state index in [2.05, 4.69) is 6.07 Å². The molecule has 2 unspecified atom stereocenters. The molecule has 0 saturated heterocycles. The molecule has 3 rings (SSSR count). The highest BCUT2D eigenvalue weighted by Crippen LogP contribution is 2.35. The Bertz CT molecular complexity index is 748. The van der Waals surface area contributed by atoms with Gasteiger partial charge in [-0.25, -0.2) is 0 Å². The zero-order chi connectivity index (χ0) is 18.4. The van der Waals surface area contributed by atoms with Crippen molar-refractivity contribution in [1.29, 1.82) is 5.26 Å². The van der Waals surface area contributed by atoms with Crippen LogP contribution in [0, 0.1) is 17.2 Å². The Morgan fingerprint density at radius 3 is 2.50 bits per heavy atom. The van der Waals surface area contributed by atoms with Crippen LogP contribution < -0.4 is 9.47 Å². The first-order valence-corrected chi connectivity index (χ1v) is 9.17. The molecule has 1 aliphatic carbocycles. The summed E-state index contributed by atoms with van der Waals surface area (Å²) in [6.07, 6.45) is 4.29. The van der Waals surface area contributed by atoms with Crippen LogP contribution in [0.4, 0.5) is 0 Å². The second-order valence-corrected chi connectivity index (χ2v) is 6.80. The summed E-state index contributed by atoms with van der Waals surface area (Å²) in [6.45, 7) is 0. The van der Waals surface area contributed by atoms with Crippen molar-refractivity contribution in [1.82, 2.24) is 0 Å². The van der Waals surface area contributed by atoms with Gasteiger partial charge in [0.25, 0.3) is 0 Å². The highest BCUT2D eigenvalue weighted by atomic mass is 16.5. The molecule has 0 aromatic heterocycles. The van der Waals surface area contributed by atoms with E-state index >= 15 is 0 Å². The van der Waals surface area contributed by atoms with Crippen molar-refractivity contribution in [3.8, 4) is 17.6 Å². The molecule has 26 heavy (non-hydrogen) atoms. The quantitative estimate of drug-likeness (QED) is 0.801. The third kappa shape index (κ3) is 4.36. The van der Waals surface area contributed by atoms with Crippen LogP contribution in [-0.4, -0.2) is 18.3 Å². The number of aliphatic hydroxyl groups is 1. The number of benzene rings is 2. The first-order chi connectivity index (χ1) is 12.7. The average Bonchev–Trinajstić information content (AvgIpc) is 3.19. The molecule has 0 radical (unpaired) electrons. The summed E-state index contributed by atoms with van der Waals surface area (Å²) in [5.74, 6) is 0.780. The average molecular weight is 351 g/mol. The molecule has 1 aliphatic rings. The summed E-state index contributed by atoms with van der Waals surface area (Å²) in [5.41, 5.74) is 1.72. The molecule has 136 valence electrons. The van der Waals surface area contributed by atoms with Crippen LogP contribution in [0.2, 0.25) is 0 Å². The summed E-state index contributed by atoms with van der Waals surface area (Å²) in [4.78, 5) is 0. The number of hydrogen-bond acceptors (Lipinski definition) is 4. The van der Waals surface area contributed by atoms with Gasteiger partial charge in [-0.2, -0.15) is 5.26 Å². The Morgan fingerprint density at radius 2 is 1.85 bits per heavy atom. The minimum absolute atomic E-state index is 0.201. The SMILES string of the molecule is COc1ccc(C(O)C(C#N)Cc2ccccc2)cc1OC1CCCC1. The molecule has 1 N–H and O–H groups in total. The Morgan fingerprint density at radius 1 is 1.12 bits per heavy atom. The van der Waals surface area contributed by atoms with E-state index in [1.165, 1.54) is 12.8 Å². The van der Waals surface area contributed by atoms with Crippen molar-refractivity contribution in [3.05, 3.63) is 59.7 Å². The lowest BCUT2D eigenvalue weighted by Gasteiger charge is -2.20. The van der Waals surface area contributed by atoms with Crippen molar-refractivity contribution >= 4 is 0 Å². The number of hydrogen-bond donors (Lipinski definition) is 1. The molecular formula is C22H25NO3. The van der Waals surface area contributed by atoms with E-state index in [0.717, 1.165) is 18.4 Å². The molecule has 0 aliphatic heterocycles. The summed E-state index contributed by atoms with van der Waals surface area (Å²) in [6, 6.07) is 17.4. The van der Waals surface area contributed by atoms with Crippen molar-refractivity contribution in [2.75, 3.05) is 7.11 Å². The van der Waals surface area contributed by atoms with Crippen LogP contribution in [0.1, 0.15) is 42.9 Å². The molecule has 2 aromatic carbocycles. The van der Waals surface area contributed by atoms with Crippen LogP contribution in [0.3, 0.4) is 0 Å². The maximum absolute atomic E-state index is 10.8. The van der Waals surface area contributed by atoms with Gasteiger partial charge in [-0.1, -0.05) is 36.4 Å². The molecule has 0 heterocycles. The van der Waals surface area contributed by atoms with Crippen LogP contribution in [-0.2, 0) is 6.42 Å². The second kappa shape index (κ2) is 8.73. The zero-order valence-corrected chi connectivity index (χ0v) is 15.1. The fourth-order valence-corrected chi connectivity index (χ4v) is 3.48. The lowest BCUT2D eigenvalue weighted by atomic mass is 9.91. The molecule has 0 bridgehead atoms. The molecule has 0 spiro atoms. The van der Waals surface area contributed by atoms with Gasteiger partial charge >= 0.3 is 0 Å². The van der Waals surface area contributed by atoms with Gasteiger partial charge in [-0.15, -0.1) is 0 Å². The summed E-state index contributed by atoms with van der Waals surface area (Å²) < 4.78 is 11.5. The molecule has 4 nitrogen and oxygen atoms in total. The molecule has 2 atom stereocenters. The topological polar surface area (TPSA) is 62.5 Å². The minimum Gasteiger partial charge on any atom is -0.493 e. The molecule has 2 aromatic rings. The Kier molecular flexibility index (Phi) is 6.14. The van der Waals surface area contributed by atoms with E-state index in [4.69, 9.17) is 9.47 Å². The third-order valence-corrected chi connectivity index (χ3v) is 4.97. The van der Waals surface area contributed by atoms with Gasteiger partial charge in [-0.05, 0) is 55.4 Å². The fraction of sp³-hybridized carbons (Fsp3) is 0.409. The first-order valence-electron chi connectivity index (χ1n) is 9.17. The normalized spacial score (nSPS) is 16.7. The van der Waals surface area contributed by atoms with Crippen LogP contribution in [0.5, 0.6) is 11.5 Å². The van der Waals surface area contributed by atoms with E-state index in [9.17, 15) is 10.4 Å². The Labute approximate surface area is 155 Å². The standard InChI is InChI=1S/C22H25NO3/c1-25-20-12-11-17(14-21(20)26-19-9-5-6-10-19)22(24)18(15-23)13-16-7-3-2-4-8-16/h2-4,7-8,11-12,14,18-19,22,24H,5-6,9-10,13H2,1H3. The third-order valence-electron chi connectivity index (χ3n) is 4.97. The number of nitrogens with zero attached hydrogens (tertiary/aromatic N) is 1. The van der Waals surface area contributed by atoms with Crippen LogP contribution in [0.15, 0.2) is 48.5 Å². The maximum Gasteiger partial charge on any atom is 0.161 e. The first kappa shape index (κ1) is 18.3. The number of nitriles is 1. The Balaban J connectivity index is 1.78. The predicted octanol–water partition coefficient (Wildman–Crippen LogP) is 4.43. The number of rotatable bonds is 7. The lowest BCUT2D eigenvalue weighted by Crippen LogP contribution is -2.15. The highest BCUT2D eigenvalue weighted by Gasteiger charge is 2.24. The van der Waals surface area contributed by atoms with Crippen LogP contribution >= 0.6 is 0 Å². The van der Waals surface area contributed by atoms with E-state index in [0.29, 0.717) is 23.5 Å². The Hall–Kier alpha value is -2.51. The number of methoxy groups -OCH3 is 1. The second-order valence-electron chi connectivity index (χ2n) is 6.80. The van der Waals surface area contributed by atoms with Crippen LogP contribution in [0.25, 0.3) is 0 Å². The van der Waals surface area contributed by atoms with Gasteiger partial charge in [0, 0.05) is 0 Å². The largest absolute Gasteiger partial charge is 0.493 e. The zero-order valence-electron chi connectivity index (χ0n) is 15.1. The molecule has 1 fully saturated rings. The maximum atomic E-state index is 10.8. The number of ether oxygens (including phenoxy) is 2. The van der Waals surface area contributed by atoms with Gasteiger partial charge in [0.1, 0.15) is 0 Å². The fourth-order valence-electron chi connectivity index (χ4n) is 3.48. The van der Waals surface area contributed by atoms with E-state index in [-0.39, 0.29) is 6.10 Å². The molecule has 1 saturated carbocycles. The number of aliphatic hydroxyl groups excluding tert-OH is 1. The smallest absolute Gasteiger partial charge is 0.161 e. The predicted molar refractivity (Wildman–Crippen MR) is 100 cm³/mol. The monoisotopic (exact) mass is 351 g/mol. The van der Waals surface area contributed by atoms with Gasteiger partial charge < -0.3 is 14.6 Å². The van der Waals surface area contributed by atoms with Gasteiger partial charge in [0.15, 0.2) is 11.5 Å². The molecular weight excluding hydrogens is 326 g/mol. The van der Waals surface area contributed by atoms with E-state index in [1.807, 2.05) is 36.4 Å². The molecule has 0 amide bonds. The van der Waals surface area contributed by atoms with Gasteiger partial charge in [0.05, 0.1) is 31.3 Å². The van der Waals surface area contributed by atoms with Gasteiger partial charge in [-0.3, -0.25) is 0 Å². The van der Waals surface area contributed by atoms with E-state index in [1.54, 1.807) is 19.2 Å². The highest BCUT2D eigenvalue weighted by molar-refractivity contribution is 5.44.